The summed E-state index contributed by atoms with van der Waals surface area (Å²) in [6.07, 6.45) is -3.25. The molecule has 0 unspecified atom stereocenters. The molecule has 2 aromatic heterocycles. The van der Waals surface area contributed by atoms with Crippen LogP contribution in [0.4, 0.5) is 27.9 Å². The summed E-state index contributed by atoms with van der Waals surface area (Å²) < 4.78 is 69.6. The summed E-state index contributed by atoms with van der Waals surface area (Å²) in [7, 11) is 0. The molecule has 5 rings (SSSR count). The lowest BCUT2D eigenvalue weighted by atomic mass is 9.91. The second-order valence-corrected chi connectivity index (χ2v) is 8.33. The zero-order valence-corrected chi connectivity index (χ0v) is 17.9. The maximum Gasteiger partial charge on any atom is 0.433 e. The molecule has 0 fully saturated rings. The highest BCUT2D eigenvalue weighted by atomic mass is 35.5. The maximum atomic E-state index is 15.2. The zero-order valence-electron chi connectivity index (χ0n) is 17.1. The van der Waals surface area contributed by atoms with E-state index in [0.29, 0.717) is 17.1 Å². The predicted octanol–water partition coefficient (Wildman–Crippen LogP) is 6.37. The van der Waals surface area contributed by atoms with Gasteiger partial charge in [-0.15, -0.1) is 0 Å². The van der Waals surface area contributed by atoms with Crippen molar-refractivity contribution in [1.82, 2.24) is 15.0 Å². The van der Waals surface area contributed by atoms with Gasteiger partial charge in [0, 0.05) is 39.9 Å². The highest BCUT2D eigenvalue weighted by Gasteiger charge is 2.38. The molecule has 0 aliphatic carbocycles. The Morgan fingerprint density at radius 3 is 2.64 bits per heavy atom. The van der Waals surface area contributed by atoms with Gasteiger partial charge < -0.3 is 9.88 Å². The van der Waals surface area contributed by atoms with Crippen LogP contribution >= 0.6 is 11.6 Å². The molecule has 33 heavy (non-hydrogen) atoms. The van der Waals surface area contributed by atoms with Crippen LogP contribution in [0.5, 0.6) is 0 Å². The van der Waals surface area contributed by atoms with Crippen LogP contribution < -0.4 is 4.90 Å². The van der Waals surface area contributed by atoms with Gasteiger partial charge in [-0.3, -0.25) is 0 Å². The predicted molar refractivity (Wildman–Crippen MR) is 114 cm³/mol. The lowest BCUT2D eigenvalue weighted by molar-refractivity contribution is -0.141. The molecule has 170 valence electrons. The van der Waals surface area contributed by atoms with Crippen LogP contribution in [0.15, 0.2) is 42.6 Å². The Hall–Kier alpha value is -3.20. The van der Waals surface area contributed by atoms with Gasteiger partial charge in [-0.05, 0) is 48.7 Å². The Bertz CT molecular complexity index is 1380. The molecular weight excluding hydrogens is 463 g/mol. The van der Waals surface area contributed by atoms with Crippen LogP contribution in [0, 0.1) is 18.6 Å². The number of anilines is 1. The van der Waals surface area contributed by atoms with Crippen molar-refractivity contribution in [3.8, 4) is 0 Å². The van der Waals surface area contributed by atoms with E-state index in [4.69, 9.17) is 11.6 Å². The number of hydrogen-bond acceptors (Lipinski definition) is 3. The van der Waals surface area contributed by atoms with E-state index in [-0.39, 0.29) is 23.6 Å². The number of halogens is 6. The number of aromatic nitrogens is 3. The minimum absolute atomic E-state index is 0.0299. The number of H-pyrrole nitrogens is 1. The van der Waals surface area contributed by atoms with E-state index in [0.717, 1.165) is 28.7 Å². The molecule has 1 atom stereocenters. The quantitative estimate of drug-likeness (QED) is 0.340. The van der Waals surface area contributed by atoms with Crippen molar-refractivity contribution in [3.63, 3.8) is 0 Å². The van der Waals surface area contributed by atoms with Crippen molar-refractivity contribution in [3.05, 3.63) is 87.3 Å². The number of hydrogen-bond donors (Lipinski definition) is 1. The number of aryl methyl sites for hydroxylation is 1. The molecule has 0 saturated carbocycles. The first-order valence-corrected chi connectivity index (χ1v) is 10.4. The van der Waals surface area contributed by atoms with Gasteiger partial charge in [-0.2, -0.15) is 13.2 Å². The molecule has 2 aromatic carbocycles. The van der Waals surface area contributed by atoms with Crippen molar-refractivity contribution in [2.45, 2.75) is 25.6 Å². The van der Waals surface area contributed by atoms with Gasteiger partial charge in [-0.25, -0.2) is 18.7 Å². The minimum Gasteiger partial charge on any atom is -0.356 e. The molecule has 0 saturated heterocycles. The maximum absolute atomic E-state index is 15.2. The summed E-state index contributed by atoms with van der Waals surface area (Å²) in [5.74, 6) is -2.30. The summed E-state index contributed by atoms with van der Waals surface area (Å²) in [6, 6.07) is 7.90. The van der Waals surface area contributed by atoms with Gasteiger partial charge in [0.05, 0.1) is 0 Å². The number of fused-ring (bicyclic) bond motifs is 3. The van der Waals surface area contributed by atoms with Crippen LogP contribution in [-0.4, -0.2) is 21.5 Å². The summed E-state index contributed by atoms with van der Waals surface area (Å²) >= 11 is 6.16. The van der Waals surface area contributed by atoms with Gasteiger partial charge in [0.1, 0.15) is 11.7 Å². The minimum atomic E-state index is -4.67. The molecule has 1 aliphatic rings. The van der Waals surface area contributed by atoms with Gasteiger partial charge in [0.2, 0.25) is 5.95 Å². The fourth-order valence-corrected chi connectivity index (χ4v) is 4.49. The molecule has 0 spiro atoms. The first kappa shape index (κ1) is 21.6. The number of aromatic amines is 1. The fraction of sp³-hybridized carbons (Fsp3) is 0.217. The zero-order chi connectivity index (χ0) is 23.5. The average molecular weight is 479 g/mol. The SMILES string of the molecule is Cc1ccc([C@@H]2c3[nH]c4ccc(Cl)cc4c3CCN2c2nccc(C(F)(F)F)n2)c(F)c1F. The Morgan fingerprint density at radius 1 is 1.09 bits per heavy atom. The van der Waals surface area contributed by atoms with Crippen LogP contribution in [0.1, 0.15) is 34.1 Å². The van der Waals surface area contributed by atoms with Crippen molar-refractivity contribution in [2.24, 2.45) is 0 Å². The summed E-state index contributed by atoms with van der Waals surface area (Å²) in [4.78, 5) is 12.4. The summed E-state index contributed by atoms with van der Waals surface area (Å²) in [6.45, 7) is 1.63. The van der Waals surface area contributed by atoms with Crippen LogP contribution in [0.2, 0.25) is 5.02 Å². The van der Waals surface area contributed by atoms with Crippen LogP contribution in [0.3, 0.4) is 0 Å². The number of alkyl halides is 3. The van der Waals surface area contributed by atoms with Crippen molar-refractivity contribution in [2.75, 3.05) is 11.4 Å². The van der Waals surface area contributed by atoms with E-state index < -0.39 is 29.5 Å². The first-order valence-electron chi connectivity index (χ1n) is 10.1. The molecule has 3 heterocycles. The van der Waals surface area contributed by atoms with Crippen LogP contribution in [0.25, 0.3) is 10.9 Å². The summed E-state index contributed by atoms with van der Waals surface area (Å²) in [5.41, 5.74) is 1.07. The van der Waals surface area contributed by atoms with E-state index in [1.807, 2.05) is 0 Å². The number of benzene rings is 2. The van der Waals surface area contributed by atoms with Gasteiger partial charge in [-0.1, -0.05) is 23.7 Å². The molecular formula is C23H16ClF5N4. The topological polar surface area (TPSA) is 44.8 Å². The number of nitrogens with one attached hydrogen (secondary N) is 1. The number of nitrogens with zero attached hydrogens (tertiary/aromatic N) is 3. The van der Waals surface area contributed by atoms with E-state index in [9.17, 15) is 17.6 Å². The monoisotopic (exact) mass is 478 g/mol. The molecule has 10 heteroatoms. The Labute approximate surface area is 190 Å². The normalized spacial score (nSPS) is 16.3. The van der Waals surface area contributed by atoms with Crippen molar-refractivity contribution >= 4 is 28.5 Å². The highest BCUT2D eigenvalue weighted by Crippen LogP contribution is 2.42. The third kappa shape index (κ3) is 3.60. The Balaban J connectivity index is 1.74. The highest BCUT2D eigenvalue weighted by molar-refractivity contribution is 6.31. The van der Waals surface area contributed by atoms with E-state index in [1.54, 1.807) is 18.2 Å². The molecule has 1 aliphatic heterocycles. The van der Waals surface area contributed by atoms with Crippen molar-refractivity contribution < 1.29 is 22.0 Å². The van der Waals surface area contributed by atoms with Gasteiger partial charge in [0.25, 0.3) is 0 Å². The molecule has 0 radical (unpaired) electrons. The standard InChI is InChI=1S/C23H16ClF5N4/c1-11-2-4-14(19(26)18(11)25)21-20-13(15-10-12(24)3-5-16(15)31-20)7-9-33(21)22-30-8-6-17(32-22)23(27,28)29/h2-6,8,10,21,31H,7,9H2,1H3/t21-/m1/s1. The second kappa shape index (κ2) is 7.69. The second-order valence-electron chi connectivity index (χ2n) is 7.89. The van der Waals surface area contributed by atoms with Gasteiger partial charge >= 0.3 is 6.18 Å². The fourth-order valence-electron chi connectivity index (χ4n) is 4.32. The molecule has 4 nitrogen and oxygen atoms in total. The molecule has 0 bridgehead atoms. The molecule has 0 amide bonds. The third-order valence-electron chi connectivity index (χ3n) is 5.88. The first-order chi connectivity index (χ1) is 15.6. The number of rotatable bonds is 2. The van der Waals surface area contributed by atoms with Crippen molar-refractivity contribution in [1.29, 1.82) is 0 Å². The Morgan fingerprint density at radius 2 is 1.88 bits per heavy atom. The average Bonchev–Trinajstić information content (AvgIpc) is 3.15. The smallest absolute Gasteiger partial charge is 0.356 e. The Kier molecular flexibility index (Phi) is 5.04. The third-order valence-corrected chi connectivity index (χ3v) is 6.11. The lowest BCUT2D eigenvalue weighted by Crippen LogP contribution is -2.38. The van der Waals surface area contributed by atoms with Gasteiger partial charge in [0.15, 0.2) is 11.6 Å². The lowest BCUT2D eigenvalue weighted by Gasteiger charge is -2.36. The van der Waals surface area contributed by atoms with E-state index >= 15 is 4.39 Å². The summed E-state index contributed by atoms with van der Waals surface area (Å²) in [5, 5.41) is 1.33. The molecule has 4 aromatic rings. The molecule has 1 N–H and O–H groups in total. The van der Waals surface area contributed by atoms with E-state index in [2.05, 4.69) is 15.0 Å². The van der Waals surface area contributed by atoms with E-state index in [1.165, 1.54) is 24.0 Å². The van der Waals surface area contributed by atoms with Crippen LogP contribution in [-0.2, 0) is 12.6 Å². The largest absolute Gasteiger partial charge is 0.433 e.